The van der Waals surface area contributed by atoms with Crippen molar-refractivity contribution in [2.75, 3.05) is 0 Å². The Bertz CT molecular complexity index is 420. The van der Waals surface area contributed by atoms with Crippen LogP contribution in [-0.4, -0.2) is 5.97 Å². The quantitative estimate of drug-likeness (QED) is 0.728. The third-order valence-electron chi connectivity index (χ3n) is 4.19. The molecule has 0 aromatic heterocycles. The molecule has 1 aromatic rings. The van der Waals surface area contributed by atoms with Crippen molar-refractivity contribution in [3.8, 4) is 0 Å². The minimum Gasteiger partial charge on any atom is -0.454 e. The van der Waals surface area contributed by atoms with Crippen molar-refractivity contribution in [1.29, 1.82) is 0 Å². The van der Waals surface area contributed by atoms with Crippen LogP contribution in [0.15, 0.2) is 30.3 Å². The Kier molecular flexibility index (Phi) is 4.78. The molecule has 1 rings (SSSR count). The molecular weight excluding hydrogens is 236 g/mol. The number of carbonyl (C=O) groups is 1. The molecule has 0 saturated carbocycles. The Morgan fingerprint density at radius 3 is 2.11 bits per heavy atom. The zero-order valence-corrected chi connectivity index (χ0v) is 13.0. The molecule has 19 heavy (non-hydrogen) atoms. The Balaban J connectivity index is 3.06. The molecule has 1 unspecified atom stereocenters. The largest absolute Gasteiger partial charge is 0.454 e. The molecule has 0 spiro atoms. The summed E-state index contributed by atoms with van der Waals surface area (Å²) in [5, 5.41) is 0. The van der Waals surface area contributed by atoms with Crippen LogP contribution >= 0.6 is 0 Å². The second-order valence-electron chi connectivity index (χ2n) is 6.25. The fraction of sp³-hybridized carbons (Fsp3) is 0.588. The average Bonchev–Trinajstić information content (AvgIpc) is 2.39. The van der Waals surface area contributed by atoms with Crippen LogP contribution in [0.1, 0.15) is 53.5 Å². The van der Waals surface area contributed by atoms with Crippen LogP contribution in [0, 0.1) is 11.3 Å². The van der Waals surface area contributed by atoms with Crippen LogP contribution < -0.4 is 0 Å². The third kappa shape index (κ3) is 3.37. The Labute approximate surface area is 117 Å². The van der Waals surface area contributed by atoms with Crippen LogP contribution in [0.2, 0.25) is 0 Å². The van der Waals surface area contributed by atoms with Crippen molar-refractivity contribution in [3.63, 3.8) is 0 Å². The normalized spacial score (nSPS) is 15.1. The van der Waals surface area contributed by atoms with Gasteiger partial charge in [0.05, 0.1) is 5.41 Å². The Hall–Kier alpha value is -1.31. The highest BCUT2D eigenvalue weighted by atomic mass is 16.6. The molecule has 0 aliphatic heterocycles. The summed E-state index contributed by atoms with van der Waals surface area (Å²) >= 11 is 0. The highest BCUT2D eigenvalue weighted by molar-refractivity contribution is 5.76. The second-order valence-corrected chi connectivity index (χ2v) is 6.25. The molecule has 0 bridgehead atoms. The van der Waals surface area contributed by atoms with Gasteiger partial charge in [-0.25, -0.2) is 0 Å². The van der Waals surface area contributed by atoms with Crippen molar-refractivity contribution < 1.29 is 9.53 Å². The number of hydrogen-bond acceptors (Lipinski definition) is 2. The molecule has 2 heteroatoms. The monoisotopic (exact) mass is 262 g/mol. The first-order chi connectivity index (χ1) is 8.74. The average molecular weight is 262 g/mol. The van der Waals surface area contributed by atoms with Crippen LogP contribution in [0.25, 0.3) is 0 Å². The highest BCUT2D eigenvalue weighted by Crippen LogP contribution is 2.36. The van der Waals surface area contributed by atoms with Gasteiger partial charge in [0.15, 0.2) is 0 Å². The molecule has 2 nitrogen and oxygen atoms in total. The lowest BCUT2D eigenvalue weighted by Crippen LogP contribution is -2.39. The topological polar surface area (TPSA) is 26.3 Å². The molecule has 0 saturated heterocycles. The fourth-order valence-corrected chi connectivity index (χ4v) is 1.75. The first-order valence-electron chi connectivity index (χ1n) is 7.03. The molecule has 0 heterocycles. The molecular formula is C17H26O2. The lowest BCUT2D eigenvalue weighted by atomic mass is 9.83. The summed E-state index contributed by atoms with van der Waals surface area (Å²) in [5.41, 5.74) is 0.0284. The van der Waals surface area contributed by atoms with Gasteiger partial charge < -0.3 is 4.74 Å². The summed E-state index contributed by atoms with van der Waals surface area (Å²) in [5.74, 6) is 0.0848. The predicted octanol–water partition coefficient (Wildman–Crippen LogP) is 4.54. The second kappa shape index (κ2) is 5.77. The van der Waals surface area contributed by atoms with Gasteiger partial charge >= 0.3 is 5.97 Å². The zero-order valence-electron chi connectivity index (χ0n) is 13.0. The summed E-state index contributed by atoms with van der Waals surface area (Å²) in [6, 6.07) is 9.98. The fourth-order valence-electron chi connectivity index (χ4n) is 1.75. The molecule has 0 N–H and O–H groups in total. The van der Waals surface area contributed by atoms with Gasteiger partial charge in [-0.15, -0.1) is 0 Å². The maximum Gasteiger partial charge on any atom is 0.312 e. The van der Waals surface area contributed by atoms with E-state index in [-0.39, 0.29) is 11.9 Å². The number of carbonyl (C=O) groups excluding carboxylic acids is 1. The first-order valence-corrected chi connectivity index (χ1v) is 7.03. The van der Waals surface area contributed by atoms with Gasteiger partial charge in [-0.1, -0.05) is 51.1 Å². The summed E-state index contributed by atoms with van der Waals surface area (Å²) < 4.78 is 5.90. The molecule has 0 fully saturated rings. The van der Waals surface area contributed by atoms with Crippen LogP contribution in [0.5, 0.6) is 0 Å². The number of ether oxygens (including phenoxy) is 1. The van der Waals surface area contributed by atoms with E-state index in [0.717, 1.165) is 12.0 Å². The summed E-state index contributed by atoms with van der Waals surface area (Å²) in [6.45, 7) is 12.0. The third-order valence-corrected chi connectivity index (χ3v) is 4.19. The van der Waals surface area contributed by atoms with Gasteiger partial charge in [-0.05, 0) is 38.7 Å². The van der Waals surface area contributed by atoms with E-state index >= 15 is 0 Å². The molecule has 0 radical (unpaired) electrons. The van der Waals surface area contributed by atoms with E-state index in [0.29, 0.717) is 0 Å². The van der Waals surface area contributed by atoms with Gasteiger partial charge in [0, 0.05) is 0 Å². The van der Waals surface area contributed by atoms with E-state index in [1.807, 2.05) is 58.0 Å². The summed E-state index contributed by atoms with van der Waals surface area (Å²) in [6.07, 6.45) is 0.773. The van der Waals surface area contributed by atoms with Gasteiger partial charge in [-0.2, -0.15) is 0 Å². The maximum absolute atomic E-state index is 12.4. The van der Waals surface area contributed by atoms with E-state index in [9.17, 15) is 4.79 Å². The Morgan fingerprint density at radius 1 is 1.16 bits per heavy atom. The predicted molar refractivity (Wildman–Crippen MR) is 78.8 cm³/mol. The van der Waals surface area contributed by atoms with Crippen molar-refractivity contribution >= 4 is 5.97 Å². The van der Waals surface area contributed by atoms with Crippen LogP contribution in [0.3, 0.4) is 0 Å². The SMILES string of the molecule is CCC(C)(C)C(=O)OC(C)(c1ccccc1)C(C)C. The van der Waals surface area contributed by atoms with E-state index in [1.165, 1.54) is 0 Å². The molecule has 1 aromatic carbocycles. The summed E-state index contributed by atoms with van der Waals surface area (Å²) in [7, 11) is 0. The minimum absolute atomic E-state index is 0.130. The standard InChI is InChI=1S/C17H26O2/c1-7-16(4,5)15(18)19-17(6,13(2)3)14-11-9-8-10-12-14/h8-13H,7H2,1-6H3. The minimum atomic E-state index is -0.579. The highest BCUT2D eigenvalue weighted by Gasteiger charge is 2.38. The van der Waals surface area contributed by atoms with Crippen molar-refractivity contribution in [3.05, 3.63) is 35.9 Å². The lowest BCUT2D eigenvalue weighted by molar-refractivity contribution is -0.175. The van der Waals surface area contributed by atoms with Crippen molar-refractivity contribution in [2.24, 2.45) is 11.3 Å². The summed E-state index contributed by atoms with van der Waals surface area (Å²) in [4.78, 5) is 12.4. The molecule has 1 atom stereocenters. The van der Waals surface area contributed by atoms with Gasteiger partial charge in [0.2, 0.25) is 0 Å². The van der Waals surface area contributed by atoms with E-state index in [4.69, 9.17) is 4.74 Å². The van der Waals surface area contributed by atoms with E-state index < -0.39 is 11.0 Å². The molecule has 0 aliphatic rings. The molecule has 106 valence electrons. The number of benzene rings is 1. The number of esters is 1. The van der Waals surface area contributed by atoms with E-state index in [2.05, 4.69) is 13.8 Å². The molecule has 0 aliphatic carbocycles. The Morgan fingerprint density at radius 2 is 1.68 bits per heavy atom. The van der Waals surface area contributed by atoms with Crippen LogP contribution in [-0.2, 0) is 15.1 Å². The first kappa shape index (κ1) is 15.7. The number of rotatable bonds is 5. The lowest BCUT2D eigenvalue weighted by Gasteiger charge is -2.36. The van der Waals surface area contributed by atoms with Gasteiger partial charge in [-0.3, -0.25) is 4.79 Å². The smallest absolute Gasteiger partial charge is 0.312 e. The maximum atomic E-state index is 12.4. The van der Waals surface area contributed by atoms with Crippen LogP contribution in [0.4, 0.5) is 0 Å². The van der Waals surface area contributed by atoms with Crippen molar-refractivity contribution in [2.45, 2.75) is 53.6 Å². The van der Waals surface area contributed by atoms with Gasteiger partial charge in [0.1, 0.15) is 5.60 Å². The number of hydrogen-bond donors (Lipinski definition) is 0. The van der Waals surface area contributed by atoms with E-state index in [1.54, 1.807) is 0 Å². The zero-order chi connectivity index (χ0) is 14.7. The van der Waals surface area contributed by atoms with Crippen molar-refractivity contribution in [1.82, 2.24) is 0 Å². The van der Waals surface area contributed by atoms with Gasteiger partial charge in [0.25, 0.3) is 0 Å². The molecule has 0 amide bonds.